The van der Waals surface area contributed by atoms with Crippen molar-refractivity contribution in [3.8, 4) is 0 Å². The van der Waals surface area contributed by atoms with E-state index in [-0.39, 0.29) is 11.8 Å². The Morgan fingerprint density at radius 1 is 1.48 bits per heavy atom. The number of carbonyl (C=O) groups is 1. The highest BCUT2D eigenvalue weighted by atomic mass is 32.1. The van der Waals surface area contributed by atoms with Crippen LogP contribution in [0.25, 0.3) is 0 Å². The molecule has 2 aliphatic rings. The van der Waals surface area contributed by atoms with Crippen molar-refractivity contribution in [2.24, 2.45) is 7.05 Å². The number of imidazole rings is 1. The average molecular weight is 330 g/mol. The average Bonchev–Trinajstić information content (AvgIpc) is 3.12. The quantitative estimate of drug-likeness (QED) is 0.935. The molecule has 0 saturated heterocycles. The van der Waals surface area contributed by atoms with Crippen molar-refractivity contribution in [3.05, 3.63) is 40.1 Å². The largest absolute Gasteiger partial charge is 0.353 e. The Hall–Kier alpha value is -1.66. The number of fused-ring (bicyclic) bond motifs is 1. The molecule has 4 rings (SSSR count). The minimum Gasteiger partial charge on any atom is -0.353 e. The number of amides is 1. The van der Waals surface area contributed by atoms with Gasteiger partial charge < -0.3 is 9.88 Å². The molecule has 1 N–H and O–H groups in total. The van der Waals surface area contributed by atoms with E-state index in [2.05, 4.69) is 32.7 Å². The van der Waals surface area contributed by atoms with E-state index in [1.807, 2.05) is 17.9 Å². The van der Waals surface area contributed by atoms with Crippen molar-refractivity contribution in [1.82, 2.24) is 19.8 Å². The first-order valence-corrected chi connectivity index (χ1v) is 9.14. The molecule has 0 bridgehead atoms. The van der Waals surface area contributed by atoms with Crippen LogP contribution < -0.4 is 5.32 Å². The van der Waals surface area contributed by atoms with E-state index in [1.54, 1.807) is 11.3 Å². The maximum absolute atomic E-state index is 12.8. The van der Waals surface area contributed by atoms with Gasteiger partial charge in [0.15, 0.2) is 0 Å². The van der Waals surface area contributed by atoms with Gasteiger partial charge >= 0.3 is 0 Å². The van der Waals surface area contributed by atoms with E-state index >= 15 is 0 Å². The third-order valence-electron chi connectivity index (χ3n) is 4.93. The summed E-state index contributed by atoms with van der Waals surface area (Å²) >= 11 is 1.77. The van der Waals surface area contributed by atoms with Gasteiger partial charge in [-0.25, -0.2) is 4.98 Å². The standard InChI is InChI=1S/C17H22N4OS/c1-20-11-18-15-10-21(8-13-6-3-7-23-13)9-14(16(15)20)17(22)19-12-4-2-5-12/h3,6-7,11-12,14H,2,4-5,8-10H2,1H3,(H,19,22)/t14-/m1/s1. The molecule has 1 fully saturated rings. The number of nitrogens with one attached hydrogen (secondary N) is 1. The Morgan fingerprint density at radius 3 is 3.04 bits per heavy atom. The van der Waals surface area contributed by atoms with Crippen LogP contribution in [0, 0.1) is 0 Å². The lowest BCUT2D eigenvalue weighted by Gasteiger charge is -2.34. The first-order valence-electron chi connectivity index (χ1n) is 8.26. The second-order valence-corrected chi connectivity index (χ2v) is 7.66. The Labute approximate surface area is 140 Å². The van der Waals surface area contributed by atoms with Gasteiger partial charge in [-0.15, -0.1) is 11.3 Å². The number of thiophene rings is 1. The minimum absolute atomic E-state index is 0.119. The van der Waals surface area contributed by atoms with Crippen LogP contribution in [0.1, 0.15) is 41.4 Å². The van der Waals surface area contributed by atoms with Crippen LogP contribution in [0.15, 0.2) is 23.8 Å². The van der Waals surface area contributed by atoms with E-state index in [9.17, 15) is 4.79 Å². The van der Waals surface area contributed by atoms with Gasteiger partial charge in [0.05, 0.1) is 23.6 Å². The van der Waals surface area contributed by atoms with Crippen molar-refractivity contribution >= 4 is 17.2 Å². The Balaban J connectivity index is 1.55. The maximum Gasteiger partial charge on any atom is 0.230 e. The molecule has 0 aromatic carbocycles. The normalized spacial score (nSPS) is 21.7. The first-order chi connectivity index (χ1) is 11.2. The highest BCUT2D eigenvalue weighted by Gasteiger charge is 2.35. The number of nitrogens with zero attached hydrogens (tertiary/aromatic N) is 3. The zero-order valence-corrected chi connectivity index (χ0v) is 14.2. The first kappa shape index (κ1) is 14.9. The van der Waals surface area contributed by atoms with Gasteiger partial charge in [0.1, 0.15) is 0 Å². The molecular weight excluding hydrogens is 308 g/mol. The van der Waals surface area contributed by atoms with Crippen LogP contribution in [0.2, 0.25) is 0 Å². The fraction of sp³-hybridized carbons (Fsp3) is 0.529. The second-order valence-electron chi connectivity index (χ2n) is 6.63. The molecule has 0 spiro atoms. The van der Waals surface area contributed by atoms with Crippen molar-refractivity contribution in [3.63, 3.8) is 0 Å². The molecule has 5 nitrogen and oxygen atoms in total. The topological polar surface area (TPSA) is 50.2 Å². The number of hydrogen-bond acceptors (Lipinski definition) is 4. The molecule has 3 heterocycles. The molecule has 0 unspecified atom stereocenters. The predicted octanol–water partition coefficient (Wildman–Crippen LogP) is 2.25. The summed E-state index contributed by atoms with van der Waals surface area (Å²) in [5.74, 6) is 0.0437. The number of aromatic nitrogens is 2. The van der Waals surface area contributed by atoms with E-state index in [1.165, 1.54) is 11.3 Å². The Morgan fingerprint density at radius 2 is 2.35 bits per heavy atom. The van der Waals surface area contributed by atoms with E-state index in [4.69, 9.17) is 0 Å². The van der Waals surface area contributed by atoms with E-state index < -0.39 is 0 Å². The molecule has 2 aromatic heterocycles. The second kappa shape index (κ2) is 6.09. The Kier molecular flexibility index (Phi) is 3.95. The molecule has 122 valence electrons. The van der Waals surface area contributed by atoms with Gasteiger partial charge in [0, 0.05) is 37.6 Å². The monoisotopic (exact) mass is 330 g/mol. The van der Waals surface area contributed by atoms with E-state index in [0.29, 0.717) is 6.04 Å². The molecule has 1 aliphatic carbocycles. The summed E-state index contributed by atoms with van der Waals surface area (Å²) in [6.45, 7) is 2.48. The number of carbonyl (C=O) groups excluding carboxylic acids is 1. The van der Waals surface area contributed by atoms with Crippen LogP contribution in [-0.4, -0.2) is 32.9 Å². The Bertz CT molecular complexity index is 690. The molecule has 1 atom stereocenters. The van der Waals surface area contributed by atoms with Crippen LogP contribution in [0.3, 0.4) is 0 Å². The van der Waals surface area contributed by atoms with Gasteiger partial charge in [0.2, 0.25) is 5.91 Å². The fourth-order valence-corrected chi connectivity index (χ4v) is 4.23. The molecule has 23 heavy (non-hydrogen) atoms. The number of rotatable bonds is 4. The lowest BCUT2D eigenvalue weighted by molar-refractivity contribution is -0.124. The van der Waals surface area contributed by atoms with Crippen molar-refractivity contribution < 1.29 is 4.79 Å². The van der Waals surface area contributed by atoms with Crippen molar-refractivity contribution in [1.29, 1.82) is 0 Å². The third-order valence-corrected chi connectivity index (χ3v) is 5.80. The molecular formula is C17H22N4OS. The number of hydrogen-bond donors (Lipinski definition) is 1. The van der Waals surface area contributed by atoms with Crippen LogP contribution in [-0.2, 0) is 24.9 Å². The molecule has 6 heteroatoms. The summed E-state index contributed by atoms with van der Waals surface area (Å²) in [5, 5.41) is 5.32. The summed E-state index contributed by atoms with van der Waals surface area (Å²) in [6.07, 6.45) is 5.31. The van der Waals surface area contributed by atoms with Crippen molar-refractivity contribution in [2.75, 3.05) is 6.54 Å². The van der Waals surface area contributed by atoms with Gasteiger partial charge in [-0.2, -0.15) is 0 Å². The van der Waals surface area contributed by atoms with Crippen LogP contribution in [0.5, 0.6) is 0 Å². The summed E-state index contributed by atoms with van der Waals surface area (Å²) in [6, 6.07) is 4.62. The molecule has 1 saturated carbocycles. The summed E-state index contributed by atoms with van der Waals surface area (Å²) in [5.41, 5.74) is 2.13. The summed E-state index contributed by atoms with van der Waals surface area (Å²) < 4.78 is 2.02. The molecule has 1 aliphatic heterocycles. The zero-order chi connectivity index (χ0) is 15.8. The lowest BCUT2D eigenvalue weighted by atomic mass is 9.91. The predicted molar refractivity (Wildman–Crippen MR) is 90.2 cm³/mol. The van der Waals surface area contributed by atoms with Crippen molar-refractivity contribution in [2.45, 2.75) is 44.3 Å². The SMILES string of the molecule is Cn1cnc2c1[C@H](C(=O)NC1CCC1)CN(Cc1cccs1)C2. The lowest BCUT2D eigenvalue weighted by Crippen LogP contribution is -2.46. The summed E-state index contributed by atoms with van der Waals surface area (Å²) in [4.78, 5) is 21.0. The number of aryl methyl sites for hydroxylation is 1. The van der Waals surface area contributed by atoms with E-state index in [0.717, 1.165) is 43.9 Å². The van der Waals surface area contributed by atoms with Gasteiger partial charge in [-0.1, -0.05) is 6.07 Å². The highest BCUT2D eigenvalue weighted by molar-refractivity contribution is 7.09. The molecule has 0 radical (unpaired) electrons. The van der Waals surface area contributed by atoms with Gasteiger partial charge in [-0.3, -0.25) is 9.69 Å². The molecule has 1 amide bonds. The maximum atomic E-state index is 12.8. The van der Waals surface area contributed by atoms with Crippen LogP contribution >= 0.6 is 11.3 Å². The smallest absolute Gasteiger partial charge is 0.230 e. The molecule has 2 aromatic rings. The van der Waals surface area contributed by atoms with Gasteiger partial charge in [0.25, 0.3) is 0 Å². The minimum atomic E-state index is -0.119. The van der Waals surface area contributed by atoms with Gasteiger partial charge in [-0.05, 0) is 30.7 Å². The summed E-state index contributed by atoms with van der Waals surface area (Å²) in [7, 11) is 1.99. The zero-order valence-electron chi connectivity index (χ0n) is 13.4. The van der Waals surface area contributed by atoms with Crippen LogP contribution in [0.4, 0.5) is 0 Å². The third kappa shape index (κ3) is 2.93. The highest BCUT2D eigenvalue weighted by Crippen LogP contribution is 2.30. The fourth-order valence-electron chi connectivity index (χ4n) is 3.48.